The van der Waals surface area contributed by atoms with E-state index in [9.17, 15) is 27.9 Å². The number of benzene rings is 1. The fourth-order valence-electron chi connectivity index (χ4n) is 5.28. The van der Waals surface area contributed by atoms with Crippen molar-refractivity contribution in [3.05, 3.63) is 49.7 Å². The number of Topliss-reactive ketones (excluding diaryl/α,β-unsaturated/α-hetero) is 1. The van der Waals surface area contributed by atoms with E-state index in [1.165, 1.54) is 0 Å². The summed E-state index contributed by atoms with van der Waals surface area (Å²) in [5.74, 6) is -0.592. The first-order valence-corrected chi connectivity index (χ1v) is 13.1. The zero-order valence-electron chi connectivity index (χ0n) is 19.2. The van der Waals surface area contributed by atoms with Crippen LogP contribution in [0.15, 0.2) is 23.4 Å². The number of nitrogens with zero attached hydrogens (tertiary/aromatic N) is 1. The quantitative estimate of drug-likeness (QED) is 0.512. The molecule has 2 N–H and O–H groups in total. The molecule has 1 fully saturated rings. The Kier molecular flexibility index (Phi) is 6.53. The summed E-state index contributed by atoms with van der Waals surface area (Å²) in [5.41, 5.74) is -1.36. The molecule has 11 heteroatoms. The number of carbonyl (C=O) groups excluding carboxylic acids is 2. The van der Waals surface area contributed by atoms with Crippen LogP contribution >= 0.6 is 22.9 Å². The van der Waals surface area contributed by atoms with E-state index in [1.54, 1.807) is 0 Å². The lowest BCUT2D eigenvalue weighted by molar-refractivity contribution is -0.275. The second-order valence-electron chi connectivity index (χ2n) is 9.56. The molecule has 1 aliphatic heterocycles. The summed E-state index contributed by atoms with van der Waals surface area (Å²) in [6.45, 7) is 0. The smallest absolute Gasteiger partial charge is 0.435 e. The fourth-order valence-corrected chi connectivity index (χ4v) is 6.79. The highest BCUT2D eigenvalue weighted by Crippen LogP contribution is 2.51. The third kappa shape index (κ3) is 4.49. The summed E-state index contributed by atoms with van der Waals surface area (Å²) < 4.78 is 43.2. The Morgan fingerprint density at radius 1 is 1.17 bits per heavy atom. The van der Waals surface area contributed by atoms with Crippen LogP contribution in [0, 0.1) is 0 Å². The second-order valence-corrected chi connectivity index (χ2v) is 11.0. The van der Waals surface area contributed by atoms with Gasteiger partial charge in [0.15, 0.2) is 0 Å². The van der Waals surface area contributed by atoms with Gasteiger partial charge in [-0.3, -0.25) is 9.59 Å². The van der Waals surface area contributed by atoms with Crippen LogP contribution in [0.5, 0.6) is 5.75 Å². The van der Waals surface area contributed by atoms with Gasteiger partial charge < -0.3 is 15.3 Å². The molecule has 1 aromatic carbocycles. The number of hydrogen-bond acceptors (Lipinski definition) is 6. The number of alkyl halides is 3. The van der Waals surface area contributed by atoms with Gasteiger partial charge in [0.2, 0.25) is 0 Å². The van der Waals surface area contributed by atoms with Gasteiger partial charge in [0.1, 0.15) is 17.2 Å². The summed E-state index contributed by atoms with van der Waals surface area (Å²) in [6, 6.07) is 3.00. The van der Waals surface area contributed by atoms with Crippen LogP contribution in [0.4, 0.5) is 13.2 Å². The average Bonchev–Trinajstić information content (AvgIpc) is 3.41. The third-order valence-electron chi connectivity index (χ3n) is 7.04. The number of aromatic hydroxyl groups is 1. The monoisotopic (exact) mass is 540 g/mol. The summed E-state index contributed by atoms with van der Waals surface area (Å²) in [6.07, 6.45) is -0.169. The van der Waals surface area contributed by atoms with Crippen molar-refractivity contribution in [1.29, 1.82) is 0 Å². The van der Waals surface area contributed by atoms with Gasteiger partial charge >= 0.3 is 6.18 Å². The molecule has 2 aromatic rings. The molecule has 192 valence electrons. The molecule has 0 spiro atoms. The number of fused-ring (bicyclic) bond motifs is 1. The van der Waals surface area contributed by atoms with Crippen molar-refractivity contribution >= 4 is 40.3 Å². The van der Waals surface area contributed by atoms with Crippen molar-refractivity contribution < 1.29 is 32.7 Å². The van der Waals surface area contributed by atoms with E-state index in [0.29, 0.717) is 35.4 Å². The lowest BCUT2D eigenvalue weighted by atomic mass is 9.85. The Balaban J connectivity index is 1.48. The molecule has 6 nitrogen and oxygen atoms in total. The number of rotatable bonds is 4. The minimum Gasteiger partial charge on any atom is -0.508 e. The maximum Gasteiger partial charge on any atom is 0.435 e. The topological polar surface area (TPSA) is 88.0 Å². The number of carbonyl (C=O) groups is 2. The molecule has 2 aliphatic carbocycles. The third-order valence-corrected chi connectivity index (χ3v) is 8.58. The van der Waals surface area contributed by atoms with Crippen LogP contribution in [-0.2, 0) is 28.1 Å². The molecule has 3 aliphatic rings. The van der Waals surface area contributed by atoms with Crippen molar-refractivity contribution in [2.75, 3.05) is 0 Å². The van der Waals surface area contributed by atoms with Crippen LogP contribution in [-0.4, -0.2) is 34.7 Å². The molecule has 1 amide bonds. The minimum absolute atomic E-state index is 0.0562. The predicted octanol–water partition coefficient (Wildman–Crippen LogP) is 5.81. The SMILES string of the molecule is O=C1CCCC(NC(=O)c2sc(C3=NOC(c4cc(O)cc(Cl)c4)(C(F)(F)F)C3)c3c2CCCC3)C1. The average molecular weight is 541 g/mol. The first-order chi connectivity index (χ1) is 17.1. The molecule has 0 bridgehead atoms. The van der Waals surface area contributed by atoms with E-state index in [-0.39, 0.29) is 34.0 Å². The van der Waals surface area contributed by atoms with Gasteiger partial charge in [-0.1, -0.05) is 16.8 Å². The molecule has 1 saturated carbocycles. The predicted molar refractivity (Wildman–Crippen MR) is 129 cm³/mol. The maximum atomic E-state index is 14.4. The summed E-state index contributed by atoms with van der Waals surface area (Å²) in [7, 11) is 0. The van der Waals surface area contributed by atoms with Gasteiger partial charge in [-0.15, -0.1) is 11.3 Å². The lowest BCUT2D eigenvalue weighted by Gasteiger charge is -2.29. The van der Waals surface area contributed by atoms with Crippen molar-refractivity contribution in [1.82, 2.24) is 5.32 Å². The van der Waals surface area contributed by atoms with Gasteiger partial charge in [-0.05, 0) is 67.9 Å². The molecule has 0 saturated heterocycles. The number of phenolic OH excluding ortho intramolecular Hbond substituents is 1. The molecule has 2 heterocycles. The fraction of sp³-hybridized carbons (Fsp3) is 0.480. The molecule has 2 unspecified atom stereocenters. The number of nitrogens with one attached hydrogen (secondary N) is 1. The van der Waals surface area contributed by atoms with Gasteiger partial charge in [0.25, 0.3) is 11.5 Å². The molecular formula is C25H24ClF3N2O4S. The van der Waals surface area contributed by atoms with Crippen molar-refractivity contribution in [3.63, 3.8) is 0 Å². The standard InChI is InChI=1S/C25H24ClF3N2O4S/c26-14-8-13(9-17(33)10-14)24(25(27,28)29)12-20(31-35-24)21-18-6-1-2-7-19(18)22(36-21)23(34)30-15-4-3-5-16(32)11-15/h8-10,15,33H,1-7,11-12H2,(H,30,34). The Morgan fingerprint density at radius 2 is 1.92 bits per heavy atom. The number of phenols is 1. The minimum atomic E-state index is -4.85. The first-order valence-electron chi connectivity index (χ1n) is 11.9. The highest BCUT2D eigenvalue weighted by molar-refractivity contribution is 7.16. The van der Waals surface area contributed by atoms with Crippen LogP contribution in [0.2, 0.25) is 5.02 Å². The Labute approximate surface area is 214 Å². The zero-order valence-corrected chi connectivity index (χ0v) is 20.8. The number of hydrogen-bond donors (Lipinski definition) is 2. The largest absolute Gasteiger partial charge is 0.508 e. The van der Waals surface area contributed by atoms with Crippen LogP contribution < -0.4 is 5.32 Å². The number of ketones is 1. The number of oxime groups is 1. The van der Waals surface area contributed by atoms with Crippen molar-refractivity contribution in [3.8, 4) is 5.75 Å². The Bertz CT molecular complexity index is 1240. The Hall–Kier alpha value is -2.59. The molecule has 5 rings (SSSR count). The molecular weight excluding hydrogens is 517 g/mol. The van der Waals surface area contributed by atoms with Gasteiger partial charge in [-0.2, -0.15) is 13.2 Å². The molecule has 1 aromatic heterocycles. The highest BCUT2D eigenvalue weighted by Gasteiger charge is 2.62. The van der Waals surface area contributed by atoms with E-state index in [2.05, 4.69) is 10.5 Å². The Morgan fingerprint density at radius 3 is 2.61 bits per heavy atom. The first kappa shape index (κ1) is 25.1. The molecule has 2 atom stereocenters. The molecule has 0 radical (unpaired) electrons. The maximum absolute atomic E-state index is 14.4. The van der Waals surface area contributed by atoms with Crippen LogP contribution in [0.1, 0.15) is 76.2 Å². The lowest BCUT2D eigenvalue weighted by Crippen LogP contribution is -2.42. The van der Waals surface area contributed by atoms with Crippen LogP contribution in [0.25, 0.3) is 0 Å². The van der Waals surface area contributed by atoms with Gasteiger partial charge in [-0.25, -0.2) is 0 Å². The second kappa shape index (κ2) is 9.37. The summed E-state index contributed by atoms with van der Waals surface area (Å²) >= 11 is 7.06. The summed E-state index contributed by atoms with van der Waals surface area (Å²) in [5, 5.41) is 16.7. The van der Waals surface area contributed by atoms with Gasteiger partial charge in [0.05, 0.1) is 16.2 Å². The van der Waals surface area contributed by atoms with Crippen molar-refractivity contribution in [2.24, 2.45) is 5.16 Å². The summed E-state index contributed by atoms with van der Waals surface area (Å²) in [4.78, 5) is 31.1. The van der Waals surface area contributed by atoms with E-state index in [4.69, 9.17) is 16.4 Å². The number of amides is 1. The van der Waals surface area contributed by atoms with E-state index in [1.807, 2.05) is 0 Å². The van der Waals surface area contributed by atoms with E-state index in [0.717, 1.165) is 66.3 Å². The number of thiophene rings is 1. The van der Waals surface area contributed by atoms with Crippen LogP contribution in [0.3, 0.4) is 0 Å². The normalized spacial score (nSPS) is 24.2. The van der Waals surface area contributed by atoms with Gasteiger partial charge in [0, 0.05) is 29.5 Å². The zero-order chi connectivity index (χ0) is 25.7. The van der Waals surface area contributed by atoms with E-state index < -0.39 is 23.9 Å². The van der Waals surface area contributed by atoms with Crippen molar-refractivity contribution in [2.45, 2.75) is 75.6 Å². The highest BCUT2D eigenvalue weighted by atomic mass is 35.5. The number of halogens is 4. The van der Waals surface area contributed by atoms with E-state index >= 15 is 0 Å². The molecule has 36 heavy (non-hydrogen) atoms.